The maximum Gasteiger partial charge on any atom is 0.0900 e. The molecule has 2 atom stereocenters. The van der Waals surface area contributed by atoms with Crippen LogP contribution in [-0.4, -0.2) is 41.9 Å². The highest BCUT2D eigenvalue weighted by Crippen LogP contribution is 2.14. The van der Waals surface area contributed by atoms with E-state index in [1.807, 2.05) is 0 Å². The lowest BCUT2D eigenvalue weighted by atomic mass is 10.1. The fraction of sp³-hybridized carbons (Fsp3) is 0.600. The van der Waals surface area contributed by atoms with Gasteiger partial charge in [0.1, 0.15) is 0 Å². The molecule has 0 saturated heterocycles. The van der Waals surface area contributed by atoms with E-state index in [2.05, 4.69) is 42.2 Å². The average molecular weight is 283 g/mol. The Morgan fingerprint density at radius 3 is 2.95 bits per heavy atom. The van der Waals surface area contributed by atoms with Gasteiger partial charge in [-0.2, -0.15) is 11.3 Å². The van der Waals surface area contributed by atoms with Crippen molar-refractivity contribution >= 4 is 11.3 Å². The van der Waals surface area contributed by atoms with Crippen LogP contribution in [0.3, 0.4) is 0 Å². The predicted octanol–water partition coefficient (Wildman–Crippen LogP) is 2.91. The monoisotopic (exact) mass is 283 g/mol. The van der Waals surface area contributed by atoms with E-state index in [-0.39, 0.29) is 0 Å². The molecule has 0 saturated carbocycles. The van der Waals surface area contributed by atoms with Crippen LogP contribution in [0, 0.1) is 0 Å². The van der Waals surface area contributed by atoms with Crippen molar-refractivity contribution in [3.05, 3.63) is 35.0 Å². The molecule has 1 aromatic rings. The molecule has 0 aliphatic carbocycles. The van der Waals surface area contributed by atoms with Crippen LogP contribution in [0.4, 0.5) is 0 Å². The summed E-state index contributed by atoms with van der Waals surface area (Å²) >= 11 is 1.71. The van der Waals surface area contributed by atoms with Gasteiger partial charge in [-0.1, -0.05) is 13.0 Å². The number of thiophene rings is 1. The standard InChI is InChI=1S/C15H25NO2S/c1-4-7-18-11-15(17)10-16(13(3)5-2)9-14-6-8-19-12-14/h4,6,8,12-13,15,17H,1,5,7,9-11H2,2-3H3/t13-,15+/m0/s1. The highest BCUT2D eigenvalue weighted by molar-refractivity contribution is 7.07. The molecule has 4 heteroatoms. The topological polar surface area (TPSA) is 32.7 Å². The van der Waals surface area contributed by atoms with Crippen molar-refractivity contribution in [1.29, 1.82) is 0 Å². The van der Waals surface area contributed by atoms with E-state index in [0.717, 1.165) is 13.0 Å². The molecule has 0 aromatic carbocycles. The van der Waals surface area contributed by atoms with E-state index in [4.69, 9.17) is 4.74 Å². The van der Waals surface area contributed by atoms with Crippen LogP contribution in [0.25, 0.3) is 0 Å². The molecule has 1 N–H and O–H groups in total. The van der Waals surface area contributed by atoms with Gasteiger partial charge < -0.3 is 9.84 Å². The largest absolute Gasteiger partial charge is 0.389 e. The van der Waals surface area contributed by atoms with Gasteiger partial charge in [0.15, 0.2) is 0 Å². The smallest absolute Gasteiger partial charge is 0.0900 e. The number of ether oxygens (including phenoxy) is 1. The van der Waals surface area contributed by atoms with Crippen molar-refractivity contribution in [3.63, 3.8) is 0 Å². The summed E-state index contributed by atoms with van der Waals surface area (Å²) in [6, 6.07) is 2.59. The minimum absolute atomic E-state index is 0.364. The van der Waals surface area contributed by atoms with Crippen LogP contribution in [0.1, 0.15) is 25.8 Å². The molecule has 1 heterocycles. The zero-order valence-corrected chi connectivity index (χ0v) is 12.7. The van der Waals surface area contributed by atoms with Gasteiger partial charge in [0, 0.05) is 19.1 Å². The number of nitrogens with zero attached hydrogens (tertiary/aromatic N) is 1. The van der Waals surface area contributed by atoms with Crippen molar-refractivity contribution in [2.24, 2.45) is 0 Å². The molecular weight excluding hydrogens is 258 g/mol. The quantitative estimate of drug-likeness (QED) is 0.529. The summed E-state index contributed by atoms with van der Waals surface area (Å²) in [5, 5.41) is 14.3. The minimum atomic E-state index is -0.451. The maximum absolute atomic E-state index is 10.0. The van der Waals surface area contributed by atoms with Crippen LogP contribution < -0.4 is 0 Å². The molecule has 0 bridgehead atoms. The predicted molar refractivity (Wildman–Crippen MR) is 81.5 cm³/mol. The Bertz CT molecular complexity index is 340. The molecule has 108 valence electrons. The number of aliphatic hydroxyl groups is 1. The summed E-state index contributed by atoms with van der Waals surface area (Å²) in [7, 11) is 0. The Morgan fingerprint density at radius 2 is 2.37 bits per heavy atom. The number of hydrogen-bond acceptors (Lipinski definition) is 4. The first-order chi connectivity index (χ1) is 9.17. The van der Waals surface area contributed by atoms with E-state index >= 15 is 0 Å². The van der Waals surface area contributed by atoms with Gasteiger partial charge in [0.05, 0.1) is 19.3 Å². The molecule has 0 spiro atoms. The fourth-order valence-corrected chi connectivity index (χ4v) is 2.55. The van der Waals surface area contributed by atoms with Crippen molar-refractivity contribution < 1.29 is 9.84 Å². The average Bonchev–Trinajstić information content (AvgIpc) is 2.90. The number of rotatable bonds is 10. The molecule has 1 rings (SSSR count). The summed E-state index contributed by atoms with van der Waals surface area (Å²) < 4.78 is 5.30. The third kappa shape index (κ3) is 6.34. The molecule has 0 radical (unpaired) electrons. The van der Waals surface area contributed by atoms with Gasteiger partial charge in [-0.15, -0.1) is 6.58 Å². The summed E-state index contributed by atoms with van der Waals surface area (Å²) in [5.41, 5.74) is 1.31. The fourth-order valence-electron chi connectivity index (χ4n) is 1.89. The molecular formula is C15H25NO2S. The van der Waals surface area contributed by atoms with Crippen molar-refractivity contribution in [1.82, 2.24) is 4.90 Å². The van der Waals surface area contributed by atoms with E-state index in [1.54, 1.807) is 17.4 Å². The Labute approximate surface area is 120 Å². The van der Waals surface area contributed by atoms with Crippen molar-refractivity contribution in [2.45, 2.75) is 39.0 Å². The molecule has 0 aliphatic heterocycles. The Morgan fingerprint density at radius 1 is 1.58 bits per heavy atom. The second-order valence-corrected chi connectivity index (χ2v) is 5.58. The molecule has 1 aromatic heterocycles. The molecule has 3 nitrogen and oxygen atoms in total. The lowest BCUT2D eigenvalue weighted by Gasteiger charge is -2.30. The van der Waals surface area contributed by atoms with Crippen LogP contribution in [-0.2, 0) is 11.3 Å². The lowest BCUT2D eigenvalue weighted by molar-refractivity contribution is 0.0157. The highest BCUT2D eigenvalue weighted by Gasteiger charge is 2.17. The Hall–Kier alpha value is -0.680. The highest BCUT2D eigenvalue weighted by atomic mass is 32.1. The zero-order valence-electron chi connectivity index (χ0n) is 11.9. The summed E-state index contributed by atoms with van der Waals surface area (Å²) in [6.07, 6.45) is 2.32. The van der Waals surface area contributed by atoms with Gasteiger partial charge in [-0.3, -0.25) is 4.90 Å². The summed E-state index contributed by atoms with van der Waals surface area (Å²) in [6.45, 7) is 10.3. The van der Waals surface area contributed by atoms with Crippen LogP contribution in [0.15, 0.2) is 29.5 Å². The summed E-state index contributed by atoms with van der Waals surface area (Å²) in [5.74, 6) is 0. The van der Waals surface area contributed by atoms with Crippen molar-refractivity contribution in [3.8, 4) is 0 Å². The van der Waals surface area contributed by atoms with Gasteiger partial charge in [0.2, 0.25) is 0 Å². The summed E-state index contributed by atoms with van der Waals surface area (Å²) in [4.78, 5) is 2.31. The van der Waals surface area contributed by atoms with Crippen LogP contribution in [0.5, 0.6) is 0 Å². The first kappa shape index (κ1) is 16.4. The Balaban J connectivity index is 2.47. The molecule has 0 aliphatic rings. The van der Waals surface area contributed by atoms with Crippen LogP contribution in [0.2, 0.25) is 0 Å². The van der Waals surface area contributed by atoms with E-state index < -0.39 is 6.10 Å². The second-order valence-electron chi connectivity index (χ2n) is 4.80. The normalized spacial score (nSPS) is 14.5. The van der Waals surface area contributed by atoms with Crippen molar-refractivity contribution in [2.75, 3.05) is 19.8 Å². The first-order valence-electron chi connectivity index (χ1n) is 6.79. The third-order valence-electron chi connectivity index (χ3n) is 3.17. The third-order valence-corrected chi connectivity index (χ3v) is 3.90. The minimum Gasteiger partial charge on any atom is -0.389 e. The number of aliphatic hydroxyl groups excluding tert-OH is 1. The van der Waals surface area contributed by atoms with E-state index in [1.165, 1.54) is 5.56 Å². The van der Waals surface area contributed by atoms with E-state index in [0.29, 0.717) is 25.8 Å². The Kier molecular flexibility index (Phi) is 7.98. The van der Waals surface area contributed by atoms with Gasteiger partial charge in [-0.25, -0.2) is 0 Å². The van der Waals surface area contributed by atoms with Gasteiger partial charge >= 0.3 is 0 Å². The maximum atomic E-state index is 10.0. The lowest BCUT2D eigenvalue weighted by Crippen LogP contribution is -2.39. The first-order valence-corrected chi connectivity index (χ1v) is 7.73. The van der Waals surface area contributed by atoms with Gasteiger partial charge in [-0.05, 0) is 35.7 Å². The molecule has 0 amide bonds. The van der Waals surface area contributed by atoms with E-state index in [9.17, 15) is 5.11 Å². The zero-order chi connectivity index (χ0) is 14.1. The molecule has 19 heavy (non-hydrogen) atoms. The second kappa shape index (κ2) is 9.26. The SMILES string of the molecule is C=CCOC[C@H](O)CN(Cc1ccsc1)[C@@H](C)CC. The number of hydrogen-bond donors (Lipinski definition) is 1. The molecule has 0 unspecified atom stereocenters. The molecule has 0 fully saturated rings. The van der Waals surface area contributed by atoms with Gasteiger partial charge in [0.25, 0.3) is 0 Å². The van der Waals surface area contributed by atoms with Crippen LogP contribution >= 0.6 is 11.3 Å².